The van der Waals surface area contributed by atoms with Crippen LogP contribution in [-0.2, 0) is 14.3 Å². The number of hydrogen-bond acceptors (Lipinski definition) is 8. The van der Waals surface area contributed by atoms with Gasteiger partial charge in [-0.3, -0.25) is 4.79 Å². The molecular formula is C72H121NO8. The summed E-state index contributed by atoms with van der Waals surface area (Å²) in [6.07, 6.45) is 83.8. The molecule has 0 saturated carbocycles. The molecule has 1 aliphatic heterocycles. The van der Waals surface area contributed by atoms with Gasteiger partial charge in [-0.25, -0.2) is 0 Å². The van der Waals surface area contributed by atoms with Gasteiger partial charge in [-0.05, 0) is 96.3 Å². The molecule has 1 rings (SSSR count). The molecule has 9 nitrogen and oxygen atoms in total. The first-order valence-electron chi connectivity index (χ1n) is 32.9. The summed E-state index contributed by atoms with van der Waals surface area (Å²) < 4.78 is 11.3. The highest BCUT2D eigenvalue weighted by molar-refractivity contribution is 5.76. The van der Waals surface area contributed by atoms with Crippen molar-refractivity contribution in [3.63, 3.8) is 0 Å². The first-order chi connectivity index (χ1) is 39.8. The fourth-order valence-electron chi connectivity index (χ4n) is 9.60. The van der Waals surface area contributed by atoms with Crippen molar-refractivity contribution in [2.24, 2.45) is 0 Å². The summed E-state index contributed by atoms with van der Waals surface area (Å²) in [4.78, 5) is 13.1. The van der Waals surface area contributed by atoms with Crippen molar-refractivity contribution in [3.05, 3.63) is 134 Å². The SMILES string of the molecule is CC/C=C\C/C=C\C/C=C\C/C=C\C/C=C\C/C=C\C/C=C\C/C=C\C/C=C\C/C=C\CCCCCCCCCCC(=O)NC(COC1OC(CO)C(O)C(O)C1O)C(O)/C=C/CCCCCCCCCCCCCCCCCCC. The number of allylic oxidation sites excluding steroid dienone is 21. The van der Waals surface area contributed by atoms with Crippen LogP contribution in [0.3, 0.4) is 0 Å². The van der Waals surface area contributed by atoms with Gasteiger partial charge in [0, 0.05) is 6.42 Å². The van der Waals surface area contributed by atoms with E-state index in [0.717, 1.165) is 116 Å². The highest BCUT2D eigenvalue weighted by Gasteiger charge is 2.44. The number of rotatable bonds is 55. The first kappa shape index (κ1) is 75.3. The summed E-state index contributed by atoms with van der Waals surface area (Å²) in [5, 5.41) is 54.6. The molecule has 0 aromatic carbocycles. The maximum Gasteiger partial charge on any atom is 0.220 e. The van der Waals surface area contributed by atoms with Gasteiger partial charge in [0.25, 0.3) is 0 Å². The Morgan fingerprint density at radius 1 is 0.432 bits per heavy atom. The van der Waals surface area contributed by atoms with Crippen LogP contribution >= 0.6 is 0 Å². The molecule has 81 heavy (non-hydrogen) atoms. The van der Waals surface area contributed by atoms with E-state index in [1.54, 1.807) is 6.08 Å². The van der Waals surface area contributed by atoms with E-state index in [1.807, 2.05) is 6.08 Å². The molecule has 0 bridgehead atoms. The van der Waals surface area contributed by atoms with Crippen LogP contribution in [0.2, 0.25) is 0 Å². The van der Waals surface area contributed by atoms with Gasteiger partial charge in [0.2, 0.25) is 5.91 Å². The van der Waals surface area contributed by atoms with Crippen molar-refractivity contribution < 1.29 is 39.8 Å². The summed E-state index contributed by atoms with van der Waals surface area (Å²) in [5.41, 5.74) is 0. The topological polar surface area (TPSA) is 149 Å². The molecule has 0 spiro atoms. The third-order valence-electron chi connectivity index (χ3n) is 14.7. The van der Waals surface area contributed by atoms with Crippen LogP contribution in [0.15, 0.2) is 134 Å². The zero-order valence-corrected chi connectivity index (χ0v) is 51.5. The van der Waals surface area contributed by atoms with Gasteiger partial charge < -0.3 is 40.3 Å². The van der Waals surface area contributed by atoms with E-state index in [4.69, 9.17) is 9.47 Å². The quantitative estimate of drug-likeness (QED) is 0.0261. The monoisotopic (exact) mass is 1130 g/mol. The molecular weight excluding hydrogens is 1010 g/mol. The maximum atomic E-state index is 13.1. The predicted octanol–water partition coefficient (Wildman–Crippen LogP) is 17.6. The predicted molar refractivity (Wildman–Crippen MR) is 345 cm³/mol. The van der Waals surface area contributed by atoms with E-state index in [2.05, 4.69) is 141 Å². The Bertz CT molecular complexity index is 1740. The molecule has 0 radical (unpaired) electrons. The van der Waals surface area contributed by atoms with E-state index < -0.39 is 49.5 Å². The summed E-state index contributed by atoms with van der Waals surface area (Å²) in [7, 11) is 0. The highest BCUT2D eigenvalue weighted by atomic mass is 16.7. The number of hydrogen-bond donors (Lipinski definition) is 6. The molecule has 0 aromatic rings. The number of ether oxygens (including phenoxy) is 2. The Labute approximate surface area is 496 Å². The molecule has 9 heteroatoms. The van der Waals surface area contributed by atoms with E-state index in [1.165, 1.54) is 122 Å². The maximum absolute atomic E-state index is 13.1. The minimum atomic E-state index is -1.58. The number of nitrogens with one attached hydrogen (secondary N) is 1. The van der Waals surface area contributed by atoms with Gasteiger partial charge in [0.15, 0.2) is 6.29 Å². The van der Waals surface area contributed by atoms with Gasteiger partial charge in [0.05, 0.1) is 25.4 Å². The number of aliphatic hydroxyl groups excluding tert-OH is 5. The smallest absolute Gasteiger partial charge is 0.220 e. The Morgan fingerprint density at radius 3 is 1.14 bits per heavy atom. The molecule has 7 atom stereocenters. The van der Waals surface area contributed by atoms with E-state index in [9.17, 15) is 30.3 Å². The molecule has 1 aliphatic rings. The first-order valence-corrected chi connectivity index (χ1v) is 32.9. The number of aliphatic hydroxyl groups is 5. The van der Waals surface area contributed by atoms with E-state index in [-0.39, 0.29) is 12.5 Å². The van der Waals surface area contributed by atoms with Crippen LogP contribution in [0.25, 0.3) is 0 Å². The van der Waals surface area contributed by atoms with Crippen molar-refractivity contribution in [1.82, 2.24) is 5.32 Å². The third-order valence-corrected chi connectivity index (χ3v) is 14.7. The largest absolute Gasteiger partial charge is 0.394 e. The molecule has 1 heterocycles. The van der Waals surface area contributed by atoms with Crippen molar-refractivity contribution in [3.8, 4) is 0 Å². The third kappa shape index (κ3) is 48.4. The Hall–Kier alpha value is -3.67. The van der Waals surface area contributed by atoms with Gasteiger partial charge in [-0.1, -0.05) is 289 Å². The molecule has 462 valence electrons. The zero-order valence-electron chi connectivity index (χ0n) is 51.5. The van der Waals surface area contributed by atoms with Crippen LogP contribution in [-0.4, -0.2) is 87.5 Å². The lowest BCUT2D eigenvalue weighted by molar-refractivity contribution is -0.302. The highest BCUT2D eigenvalue weighted by Crippen LogP contribution is 2.23. The van der Waals surface area contributed by atoms with E-state index >= 15 is 0 Å². The van der Waals surface area contributed by atoms with Crippen molar-refractivity contribution in [1.29, 1.82) is 0 Å². The molecule has 0 aromatic heterocycles. The lowest BCUT2D eigenvalue weighted by Crippen LogP contribution is -2.60. The zero-order chi connectivity index (χ0) is 58.6. The average Bonchev–Trinajstić information content (AvgIpc) is 3.48. The van der Waals surface area contributed by atoms with Crippen LogP contribution in [0.4, 0.5) is 0 Å². The summed E-state index contributed by atoms with van der Waals surface area (Å²) in [6.45, 7) is 3.67. The number of carbonyl (C=O) groups excluding carboxylic acids is 1. The molecule has 1 fully saturated rings. The lowest BCUT2D eigenvalue weighted by Gasteiger charge is -2.40. The molecule has 1 amide bonds. The lowest BCUT2D eigenvalue weighted by atomic mass is 9.99. The summed E-state index contributed by atoms with van der Waals surface area (Å²) in [5.74, 6) is -0.189. The second-order valence-electron chi connectivity index (χ2n) is 22.2. The molecule has 1 saturated heterocycles. The fourth-order valence-corrected chi connectivity index (χ4v) is 9.60. The number of carbonyl (C=O) groups is 1. The van der Waals surface area contributed by atoms with Gasteiger partial charge >= 0.3 is 0 Å². The molecule has 7 unspecified atom stereocenters. The van der Waals surface area contributed by atoms with Crippen LogP contribution in [0, 0.1) is 0 Å². The second-order valence-corrected chi connectivity index (χ2v) is 22.2. The van der Waals surface area contributed by atoms with Crippen LogP contribution < -0.4 is 5.32 Å². The number of amides is 1. The van der Waals surface area contributed by atoms with Crippen molar-refractivity contribution >= 4 is 5.91 Å². The normalized spacial score (nSPS) is 19.3. The van der Waals surface area contributed by atoms with Gasteiger partial charge in [-0.2, -0.15) is 0 Å². The Kier molecular flexibility index (Phi) is 55.3. The Morgan fingerprint density at radius 2 is 0.765 bits per heavy atom. The summed E-state index contributed by atoms with van der Waals surface area (Å²) in [6, 6.07) is -0.819. The average molecular weight is 1130 g/mol. The van der Waals surface area contributed by atoms with E-state index in [0.29, 0.717) is 6.42 Å². The number of unbranched alkanes of at least 4 members (excludes halogenated alkanes) is 25. The molecule has 0 aliphatic carbocycles. The van der Waals surface area contributed by atoms with Gasteiger partial charge in [0.1, 0.15) is 24.4 Å². The molecule has 6 N–H and O–H groups in total. The Balaban J connectivity index is 2.18. The van der Waals surface area contributed by atoms with Crippen LogP contribution in [0.1, 0.15) is 258 Å². The van der Waals surface area contributed by atoms with Crippen molar-refractivity contribution in [2.75, 3.05) is 13.2 Å². The minimum absolute atomic E-state index is 0.189. The van der Waals surface area contributed by atoms with Crippen LogP contribution in [0.5, 0.6) is 0 Å². The summed E-state index contributed by atoms with van der Waals surface area (Å²) >= 11 is 0. The van der Waals surface area contributed by atoms with Crippen molar-refractivity contribution in [2.45, 2.75) is 301 Å². The standard InChI is InChI=1S/C72H121NO8/c1-3-5-7-9-11-13-15-17-19-21-23-24-25-26-27-28-29-30-31-32-33-34-35-36-37-38-39-40-41-42-44-46-48-50-52-54-56-58-60-62-68(76)73-65(64-80-72-71(79)70(78)69(77)67(63-74)81-72)66(75)61-59-57-55-53-51-49-47-45-43-22-20-18-16-14-12-10-8-6-4-2/h5,7,11,13,17,19,23-24,26-27,29-30,32-33,35-36,38-39,41-42,59,61,65-67,69-72,74-75,77-79H,3-4,6,8-10,12,14-16,18,20-22,25,28,31,34,37,40,43-58,60,62-64H2,1-2H3,(H,73,76)/b7-5-,13-11-,19-17-,24-23-,27-26-,30-29-,33-32-,36-35-,39-38-,42-41-,61-59+. The fraction of sp³-hybridized carbons (Fsp3) is 0.681. The minimum Gasteiger partial charge on any atom is -0.394 e. The second kappa shape index (κ2) is 59.5. The van der Waals surface area contributed by atoms with Gasteiger partial charge in [-0.15, -0.1) is 0 Å².